The summed E-state index contributed by atoms with van der Waals surface area (Å²) < 4.78 is 49.3. The molecule has 0 heterocycles. The summed E-state index contributed by atoms with van der Waals surface area (Å²) in [5, 5.41) is 0. The maximum atomic E-state index is 12.8. The molecule has 1 rings (SSSR count). The zero-order valence-corrected chi connectivity index (χ0v) is 7.15. The van der Waals surface area contributed by atoms with Crippen LogP contribution >= 0.6 is 0 Å². The lowest BCUT2D eigenvalue weighted by atomic mass is 10.0. The molecule has 0 spiro atoms. The number of halogens is 4. The quantitative estimate of drug-likeness (QED) is 0.537. The lowest BCUT2D eigenvalue weighted by Gasteiger charge is -2.05. The van der Waals surface area contributed by atoms with E-state index in [1.807, 2.05) is 0 Å². The average molecular weight is 206 g/mol. The number of alkyl halides is 2. The van der Waals surface area contributed by atoms with E-state index >= 15 is 0 Å². The maximum absolute atomic E-state index is 12.8. The molecule has 0 amide bonds. The van der Waals surface area contributed by atoms with Crippen molar-refractivity contribution in [3.63, 3.8) is 0 Å². The minimum atomic E-state index is -3.25. The van der Waals surface area contributed by atoms with Crippen LogP contribution < -0.4 is 0 Å². The number of hydrogen-bond donors (Lipinski definition) is 0. The summed E-state index contributed by atoms with van der Waals surface area (Å²) in [6, 6.07) is 1.14. The highest BCUT2D eigenvalue weighted by molar-refractivity contribution is 5.99. The Morgan fingerprint density at radius 1 is 1.29 bits per heavy atom. The third-order valence-corrected chi connectivity index (χ3v) is 1.77. The molecule has 0 aliphatic heterocycles. The summed E-state index contributed by atoms with van der Waals surface area (Å²) in [6.07, 6.45) is -3.25. The highest BCUT2D eigenvalue weighted by Gasteiger charge is 2.22. The van der Waals surface area contributed by atoms with Gasteiger partial charge in [-0.25, -0.2) is 17.6 Å². The first-order chi connectivity index (χ1) is 6.43. The van der Waals surface area contributed by atoms with E-state index in [9.17, 15) is 22.4 Å². The van der Waals surface area contributed by atoms with Gasteiger partial charge < -0.3 is 0 Å². The fourth-order valence-electron chi connectivity index (χ4n) is 1.02. The van der Waals surface area contributed by atoms with Crippen LogP contribution in [0, 0.1) is 18.6 Å². The van der Waals surface area contributed by atoms with Crippen LogP contribution in [0.1, 0.15) is 15.9 Å². The molecular formula is C9H6F4O. The van der Waals surface area contributed by atoms with Gasteiger partial charge in [0.15, 0.2) is 0 Å². The Labute approximate surface area is 77.3 Å². The van der Waals surface area contributed by atoms with E-state index in [0.717, 1.165) is 6.92 Å². The van der Waals surface area contributed by atoms with E-state index < -0.39 is 29.4 Å². The molecule has 0 aliphatic carbocycles. The first-order valence-corrected chi connectivity index (χ1v) is 3.71. The maximum Gasteiger partial charge on any atom is 0.300 e. The molecule has 1 aromatic carbocycles. The van der Waals surface area contributed by atoms with Crippen molar-refractivity contribution in [3.8, 4) is 0 Å². The van der Waals surface area contributed by atoms with Crippen molar-refractivity contribution in [1.82, 2.24) is 0 Å². The van der Waals surface area contributed by atoms with Crippen molar-refractivity contribution in [3.05, 3.63) is 34.9 Å². The van der Waals surface area contributed by atoms with Crippen LogP contribution in [0.25, 0.3) is 0 Å². The summed E-state index contributed by atoms with van der Waals surface area (Å²) in [6.45, 7) is 1.14. The molecule has 0 N–H and O–H groups in total. The second-order valence-electron chi connectivity index (χ2n) is 2.73. The van der Waals surface area contributed by atoms with Crippen LogP contribution in [0.5, 0.6) is 0 Å². The molecule has 0 radical (unpaired) electrons. The zero-order chi connectivity index (χ0) is 10.9. The third-order valence-electron chi connectivity index (χ3n) is 1.77. The fraction of sp³-hybridized carbons (Fsp3) is 0.222. The minimum Gasteiger partial charge on any atom is -0.288 e. The van der Waals surface area contributed by atoms with Gasteiger partial charge in [0.1, 0.15) is 11.6 Å². The summed E-state index contributed by atoms with van der Waals surface area (Å²) >= 11 is 0. The van der Waals surface area contributed by atoms with Gasteiger partial charge in [0.25, 0.3) is 0 Å². The topological polar surface area (TPSA) is 17.1 Å². The number of benzene rings is 1. The fourth-order valence-corrected chi connectivity index (χ4v) is 1.02. The molecule has 76 valence electrons. The zero-order valence-electron chi connectivity index (χ0n) is 7.15. The molecule has 0 aromatic heterocycles. The highest BCUT2D eigenvalue weighted by atomic mass is 19.3. The Morgan fingerprint density at radius 3 is 2.36 bits per heavy atom. The normalized spacial score (nSPS) is 10.7. The molecule has 1 aromatic rings. The number of carbonyl (C=O) groups excluding carboxylic acids is 1. The summed E-state index contributed by atoms with van der Waals surface area (Å²) in [4.78, 5) is 10.8. The molecule has 0 fully saturated rings. The van der Waals surface area contributed by atoms with Crippen molar-refractivity contribution in [2.45, 2.75) is 13.3 Å². The first kappa shape index (κ1) is 10.7. The molecule has 0 unspecified atom stereocenters. The van der Waals surface area contributed by atoms with Crippen LogP contribution in [0.2, 0.25) is 0 Å². The van der Waals surface area contributed by atoms with Gasteiger partial charge in [-0.1, -0.05) is 0 Å². The smallest absolute Gasteiger partial charge is 0.288 e. The molecule has 0 saturated carbocycles. The monoisotopic (exact) mass is 206 g/mol. The van der Waals surface area contributed by atoms with Gasteiger partial charge in [0.2, 0.25) is 5.78 Å². The lowest BCUT2D eigenvalue weighted by molar-refractivity contribution is 0.0677. The van der Waals surface area contributed by atoms with Crippen LogP contribution in [0.15, 0.2) is 12.1 Å². The summed E-state index contributed by atoms with van der Waals surface area (Å²) in [7, 11) is 0. The van der Waals surface area contributed by atoms with E-state index in [2.05, 4.69) is 0 Å². The van der Waals surface area contributed by atoms with Gasteiger partial charge in [0.05, 0.1) is 0 Å². The van der Waals surface area contributed by atoms with Crippen molar-refractivity contribution >= 4 is 5.78 Å². The molecule has 0 saturated heterocycles. The Bertz CT molecular complexity index is 373. The molecule has 1 nitrogen and oxygen atoms in total. The number of Topliss-reactive ketones (excluding diaryl/α,β-unsaturated/α-hetero) is 1. The van der Waals surface area contributed by atoms with Gasteiger partial charge in [-0.05, 0) is 18.6 Å². The van der Waals surface area contributed by atoms with Crippen molar-refractivity contribution in [2.24, 2.45) is 0 Å². The summed E-state index contributed by atoms with van der Waals surface area (Å²) in [5.41, 5.74) is -0.880. The SMILES string of the molecule is Cc1c(F)cc(F)cc1C(=O)C(F)F. The third kappa shape index (κ3) is 1.92. The van der Waals surface area contributed by atoms with Gasteiger partial charge in [-0.2, -0.15) is 0 Å². The van der Waals surface area contributed by atoms with E-state index in [4.69, 9.17) is 0 Å². The number of carbonyl (C=O) groups is 1. The largest absolute Gasteiger partial charge is 0.300 e. The molecule has 14 heavy (non-hydrogen) atoms. The van der Waals surface area contributed by atoms with Crippen LogP contribution in [0.4, 0.5) is 17.6 Å². The van der Waals surface area contributed by atoms with E-state index in [1.54, 1.807) is 0 Å². The van der Waals surface area contributed by atoms with Gasteiger partial charge in [0, 0.05) is 11.6 Å². The second-order valence-corrected chi connectivity index (χ2v) is 2.73. The molecule has 0 aliphatic rings. The Morgan fingerprint density at radius 2 is 1.86 bits per heavy atom. The van der Waals surface area contributed by atoms with Crippen molar-refractivity contribution in [2.75, 3.05) is 0 Å². The van der Waals surface area contributed by atoms with Gasteiger partial charge in [-0.15, -0.1) is 0 Å². The predicted octanol–water partition coefficient (Wildman–Crippen LogP) is 2.72. The van der Waals surface area contributed by atoms with Crippen LogP contribution in [-0.2, 0) is 0 Å². The molecule has 5 heteroatoms. The van der Waals surface area contributed by atoms with Crippen molar-refractivity contribution in [1.29, 1.82) is 0 Å². The number of ketones is 1. The average Bonchev–Trinajstić information content (AvgIpc) is 2.09. The molecule has 0 bridgehead atoms. The number of hydrogen-bond acceptors (Lipinski definition) is 1. The Balaban J connectivity index is 3.27. The second kappa shape index (κ2) is 3.77. The van der Waals surface area contributed by atoms with Crippen LogP contribution in [-0.4, -0.2) is 12.2 Å². The standard InChI is InChI=1S/C9H6F4O/c1-4-6(8(14)9(12)13)2-5(10)3-7(4)11/h2-3,9H,1H3. The Hall–Kier alpha value is -1.39. The van der Waals surface area contributed by atoms with E-state index in [-0.39, 0.29) is 5.56 Å². The Kier molecular flexibility index (Phi) is 2.88. The lowest BCUT2D eigenvalue weighted by Crippen LogP contribution is -2.13. The minimum absolute atomic E-state index is 0.267. The van der Waals surface area contributed by atoms with Crippen LogP contribution in [0.3, 0.4) is 0 Å². The summed E-state index contributed by atoms with van der Waals surface area (Å²) in [5.74, 6) is -3.62. The molecule has 0 atom stereocenters. The van der Waals surface area contributed by atoms with E-state index in [1.165, 1.54) is 0 Å². The van der Waals surface area contributed by atoms with Crippen molar-refractivity contribution < 1.29 is 22.4 Å². The molecular weight excluding hydrogens is 200 g/mol. The first-order valence-electron chi connectivity index (χ1n) is 3.71. The predicted molar refractivity (Wildman–Crippen MR) is 41.4 cm³/mol. The number of rotatable bonds is 2. The van der Waals surface area contributed by atoms with Gasteiger partial charge in [-0.3, -0.25) is 4.79 Å². The van der Waals surface area contributed by atoms with Gasteiger partial charge >= 0.3 is 6.43 Å². The highest BCUT2D eigenvalue weighted by Crippen LogP contribution is 2.17. The van der Waals surface area contributed by atoms with E-state index in [0.29, 0.717) is 12.1 Å².